The summed E-state index contributed by atoms with van der Waals surface area (Å²) >= 11 is 0. The van der Waals surface area contributed by atoms with E-state index in [1.54, 1.807) is 0 Å². The summed E-state index contributed by atoms with van der Waals surface area (Å²) in [4.78, 5) is 0. The molecule has 0 N–H and O–H groups in total. The number of unbranched alkanes of at least 4 members (excludes halogenated alkanes) is 7. The monoisotopic (exact) mass is 200 g/mol. The van der Waals surface area contributed by atoms with Crippen molar-refractivity contribution in [1.29, 1.82) is 0 Å². The van der Waals surface area contributed by atoms with Crippen LogP contribution >= 0.6 is 0 Å². The van der Waals surface area contributed by atoms with Gasteiger partial charge in [-0.15, -0.1) is 0 Å². The van der Waals surface area contributed by atoms with Crippen LogP contribution in [0.4, 0.5) is 0 Å². The molecule has 0 aromatic carbocycles. The first-order chi connectivity index (χ1) is 4.91. The molecule has 0 saturated heterocycles. The molecule has 0 nitrogen and oxygen atoms in total. The molecule has 0 aliphatic rings. The summed E-state index contributed by atoms with van der Waals surface area (Å²) in [5.74, 6) is 0. The largest absolute Gasteiger partial charge is 2.00 e. The maximum absolute atomic E-state index is 3.82. The molecule has 0 aliphatic carbocycles. The normalized spacial score (nSPS) is 9.27. The van der Waals surface area contributed by atoms with Crippen molar-refractivity contribution >= 4 is 0 Å². The fraction of sp³-hybridized carbons (Fsp3) is 0.900. The van der Waals surface area contributed by atoms with E-state index in [-0.39, 0.29) is 16.8 Å². The molecule has 0 heterocycles. The van der Waals surface area contributed by atoms with E-state index in [1.165, 1.54) is 44.9 Å². The zero-order valence-corrected chi connectivity index (χ0v) is 8.74. The van der Waals surface area contributed by atoms with Crippen molar-refractivity contribution in [2.24, 2.45) is 0 Å². The molecule has 0 unspecified atom stereocenters. The molecular formula is C10H21Co+. The number of hydrogen-bond donors (Lipinski definition) is 0. The standard InChI is InChI=1S/C10H21.Co/c1-3-5-7-9-10-8-6-4-2;/h1,3-10H2,2H3;/q-1;+2. The van der Waals surface area contributed by atoms with Gasteiger partial charge >= 0.3 is 16.8 Å². The minimum atomic E-state index is 0. The van der Waals surface area contributed by atoms with Crippen LogP contribution in [0, 0.1) is 6.92 Å². The Hall–Kier alpha value is 0.506. The maximum atomic E-state index is 3.82. The Labute approximate surface area is 82.3 Å². The Bertz CT molecular complexity index is 44.8. The van der Waals surface area contributed by atoms with Gasteiger partial charge in [-0.1, -0.05) is 51.9 Å². The Morgan fingerprint density at radius 3 is 1.73 bits per heavy atom. The van der Waals surface area contributed by atoms with Crippen LogP contribution in [-0.4, -0.2) is 0 Å². The molecule has 0 spiro atoms. The number of rotatable bonds is 7. The van der Waals surface area contributed by atoms with Gasteiger partial charge in [-0.2, -0.15) is 6.42 Å². The van der Waals surface area contributed by atoms with Crippen molar-refractivity contribution in [3.05, 3.63) is 6.92 Å². The molecule has 1 heteroatoms. The quantitative estimate of drug-likeness (QED) is 0.431. The first-order valence-electron chi connectivity index (χ1n) is 4.71. The van der Waals surface area contributed by atoms with Gasteiger partial charge in [0.2, 0.25) is 0 Å². The van der Waals surface area contributed by atoms with E-state index in [2.05, 4.69) is 13.8 Å². The SMILES string of the molecule is [CH2-]CCCCCCCCC.[Co+2]. The molecule has 69 valence electrons. The van der Waals surface area contributed by atoms with Crippen molar-refractivity contribution in [3.63, 3.8) is 0 Å². The zero-order chi connectivity index (χ0) is 7.66. The molecule has 0 rings (SSSR count). The molecule has 0 amide bonds. The first kappa shape index (κ1) is 14.1. The topological polar surface area (TPSA) is 0 Å². The van der Waals surface area contributed by atoms with Crippen molar-refractivity contribution in [1.82, 2.24) is 0 Å². The molecule has 0 saturated carbocycles. The third-order valence-corrected chi connectivity index (χ3v) is 1.85. The molecule has 0 bridgehead atoms. The predicted octanol–water partition coefficient (Wildman–Crippen LogP) is 3.96. The smallest absolute Gasteiger partial charge is 0.343 e. The van der Waals surface area contributed by atoms with E-state index in [9.17, 15) is 0 Å². The van der Waals surface area contributed by atoms with Gasteiger partial charge in [-0.05, 0) is 0 Å². The van der Waals surface area contributed by atoms with Gasteiger partial charge in [-0.3, -0.25) is 0 Å². The average Bonchev–Trinajstić information content (AvgIpc) is 1.97. The second-order valence-corrected chi connectivity index (χ2v) is 2.97. The van der Waals surface area contributed by atoms with E-state index < -0.39 is 0 Å². The van der Waals surface area contributed by atoms with E-state index in [0.29, 0.717) is 0 Å². The van der Waals surface area contributed by atoms with E-state index in [1.807, 2.05) is 0 Å². The Morgan fingerprint density at radius 2 is 1.27 bits per heavy atom. The summed E-state index contributed by atoms with van der Waals surface area (Å²) in [6.07, 6.45) is 10.9. The van der Waals surface area contributed by atoms with Gasteiger partial charge in [0.25, 0.3) is 0 Å². The zero-order valence-electron chi connectivity index (χ0n) is 7.70. The molecule has 0 aromatic rings. The average molecular weight is 200 g/mol. The van der Waals surface area contributed by atoms with Crippen LogP contribution in [0.15, 0.2) is 0 Å². The van der Waals surface area contributed by atoms with Crippen LogP contribution < -0.4 is 0 Å². The van der Waals surface area contributed by atoms with Gasteiger partial charge in [-0.25, -0.2) is 0 Å². The molecule has 0 aromatic heterocycles. The fourth-order valence-electron chi connectivity index (χ4n) is 1.13. The Morgan fingerprint density at radius 1 is 0.818 bits per heavy atom. The summed E-state index contributed by atoms with van der Waals surface area (Å²) in [6, 6.07) is 0. The summed E-state index contributed by atoms with van der Waals surface area (Å²) < 4.78 is 0. The summed E-state index contributed by atoms with van der Waals surface area (Å²) in [5, 5.41) is 0. The Balaban J connectivity index is 0. The van der Waals surface area contributed by atoms with Gasteiger partial charge in [0.05, 0.1) is 0 Å². The minimum Gasteiger partial charge on any atom is -0.343 e. The molecule has 11 heavy (non-hydrogen) atoms. The van der Waals surface area contributed by atoms with Crippen LogP contribution in [0.3, 0.4) is 0 Å². The van der Waals surface area contributed by atoms with Gasteiger partial charge in [0, 0.05) is 0 Å². The van der Waals surface area contributed by atoms with Crippen LogP contribution in [0.1, 0.15) is 58.3 Å². The number of hydrogen-bond acceptors (Lipinski definition) is 0. The first-order valence-corrected chi connectivity index (χ1v) is 4.71. The second kappa shape index (κ2) is 13.1. The molecule has 0 aliphatic heterocycles. The van der Waals surface area contributed by atoms with Gasteiger partial charge < -0.3 is 6.92 Å². The van der Waals surface area contributed by atoms with Gasteiger partial charge in [0.1, 0.15) is 0 Å². The predicted molar refractivity (Wildman–Crippen MR) is 48.0 cm³/mol. The van der Waals surface area contributed by atoms with Gasteiger partial charge in [0.15, 0.2) is 0 Å². The third kappa shape index (κ3) is 13.5. The van der Waals surface area contributed by atoms with Crippen molar-refractivity contribution in [3.8, 4) is 0 Å². The summed E-state index contributed by atoms with van der Waals surface area (Å²) in [7, 11) is 0. The summed E-state index contributed by atoms with van der Waals surface area (Å²) in [5.41, 5.74) is 0. The third-order valence-electron chi connectivity index (χ3n) is 1.85. The fourth-order valence-corrected chi connectivity index (χ4v) is 1.13. The molecule has 0 fully saturated rings. The second-order valence-electron chi connectivity index (χ2n) is 2.97. The van der Waals surface area contributed by atoms with Crippen LogP contribution in [0.25, 0.3) is 0 Å². The molecular weight excluding hydrogens is 179 g/mol. The van der Waals surface area contributed by atoms with Crippen molar-refractivity contribution < 1.29 is 16.8 Å². The maximum Gasteiger partial charge on any atom is 2.00 e. The molecule has 1 radical (unpaired) electrons. The summed E-state index contributed by atoms with van der Waals surface area (Å²) in [6.45, 7) is 6.08. The Kier molecular flexibility index (Phi) is 16.8. The van der Waals surface area contributed by atoms with Crippen molar-refractivity contribution in [2.75, 3.05) is 0 Å². The van der Waals surface area contributed by atoms with Crippen LogP contribution in [-0.2, 0) is 16.8 Å². The molecule has 0 atom stereocenters. The van der Waals surface area contributed by atoms with Crippen LogP contribution in [0.2, 0.25) is 0 Å². The minimum absolute atomic E-state index is 0. The van der Waals surface area contributed by atoms with E-state index in [4.69, 9.17) is 0 Å². The van der Waals surface area contributed by atoms with Crippen LogP contribution in [0.5, 0.6) is 0 Å². The van der Waals surface area contributed by atoms with E-state index in [0.717, 1.165) is 6.42 Å². The van der Waals surface area contributed by atoms with Crippen molar-refractivity contribution in [2.45, 2.75) is 58.3 Å². The van der Waals surface area contributed by atoms with E-state index >= 15 is 0 Å².